The van der Waals surface area contributed by atoms with Gasteiger partial charge < -0.3 is 15.7 Å². The fourth-order valence-electron chi connectivity index (χ4n) is 1.61. The Morgan fingerprint density at radius 3 is 2.50 bits per heavy atom. The van der Waals surface area contributed by atoms with Gasteiger partial charge in [0, 0.05) is 13.1 Å². The number of rotatable bonds is 7. The molecular formula is C14H22N2OS. The molecule has 0 aliphatic carbocycles. The molecule has 4 heteroatoms. The van der Waals surface area contributed by atoms with Crippen LogP contribution in [0.25, 0.3) is 0 Å². The standard InChI is InChI=1S/C14H22N2OS/c1-2-3-4-5-10-15-14(18)16-11-12-6-8-13(17)9-7-12/h6-9,17H,2-5,10-11H2,1H3,(H2,15,16,18). The monoisotopic (exact) mass is 266 g/mol. The quantitative estimate of drug-likeness (QED) is 0.524. The van der Waals surface area contributed by atoms with Gasteiger partial charge in [-0.1, -0.05) is 38.3 Å². The van der Waals surface area contributed by atoms with Gasteiger partial charge in [0.2, 0.25) is 0 Å². The predicted octanol–water partition coefficient (Wildman–Crippen LogP) is 2.94. The van der Waals surface area contributed by atoms with Crippen molar-refractivity contribution in [3.63, 3.8) is 0 Å². The van der Waals surface area contributed by atoms with E-state index in [2.05, 4.69) is 17.6 Å². The van der Waals surface area contributed by atoms with Crippen molar-refractivity contribution in [2.24, 2.45) is 0 Å². The molecule has 0 fully saturated rings. The van der Waals surface area contributed by atoms with Gasteiger partial charge in [-0.15, -0.1) is 0 Å². The summed E-state index contributed by atoms with van der Waals surface area (Å²) in [4.78, 5) is 0. The zero-order valence-electron chi connectivity index (χ0n) is 10.9. The van der Waals surface area contributed by atoms with Crippen LogP contribution in [0.1, 0.15) is 38.2 Å². The third-order valence-electron chi connectivity index (χ3n) is 2.71. The molecule has 1 aromatic carbocycles. The number of benzene rings is 1. The Hall–Kier alpha value is -1.29. The summed E-state index contributed by atoms with van der Waals surface area (Å²) in [5.41, 5.74) is 1.10. The molecule has 3 nitrogen and oxygen atoms in total. The number of phenolic OH excluding ortho intramolecular Hbond substituents is 1. The smallest absolute Gasteiger partial charge is 0.166 e. The van der Waals surface area contributed by atoms with Crippen LogP contribution in [0, 0.1) is 0 Å². The van der Waals surface area contributed by atoms with Crippen molar-refractivity contribution in [3.8, 4) is 5.75 Å². The highest BCUT2D eigenvalue weighted by Gasteiger charge is 1.96. The minimum Gasteiger partial charge on any atom is -0.508 e. The highest BCUT2D eigenvalue weighted by atomic mass is 32.1. The number of nitrogens with one attached hydrogen (secondary N) is 2. The highest BCUT2D eigenvalue weighted by Crippen LogP contribution is 2.08. The molecule has 0 heterocycles. The molecule has 0 aliphatic rings. The summed E-state index contributed by atoms with van der Waals surface area (Å²) in [5.74, 6) is 0.287. The topological polar surface area (TPSA) is 44.3 Å². The lowest BCUT2D eigenvalue weighted by atomic mass is 10.2. The summed E-state index contributed by atoms with van der Waals surface area (Å²) in [7, 11) is 0. The number of hydrogen-bond donors (Lipinski definition) is 3. The summed E-state index contributed by atoms with van der Waals surface area (Å²) < 4.78 is 0. The van der Waals surface area contributed by atoms with Crippen LogP contribution in [0.5, 0.6) is 5.75 Å². The van der Waals surface area contributed by atoms with E-state index in [1.54, 1.807) is 12.1 Å². The molecule has 1 aromatic rings. The second-order valence-electron chi connectivity index (χ2n) is 4.34. The van der Waals surface area contributed by atoms with Gasteiger partial charge in [0.05, 0.1) is 0 Å². The van der Waals surface area contributed by atoms with Gasteiger partial charge in [0.1, 0.15) is 5.75 Å². The van der Waals surface area contributed by atoms with Crippen LogP contribution in [0.2, 0.25) is 0 Å². The van der Waals surface area contributed by atoms with Gasteiger partial charge in [0.15, 0.2) is 5.11 Å². The first-order valence-electron chi connectivity index (χ1n) is 6.52. The van der Waals surface area contributed by atoms with E-state index in [1.807, 2.05) is 12.1 Å². The van der Waals surface area contributed by atoms with Crippen LogP contribution < -0.4 is 10.6 Å². The molecule has 0 spiro atoms. The van der Waals surface area contributed by atoms with Crippen molar-refractivity contribution in [3.05, 3.63) is 29.8 Å². The Kier molecular flexibility index (Phi) is 7.18. The van der Waals surface area contributed by atoms with Gasteiger partial charge >= 0.3 is 0 Å². The Labute approximate surface area is 115 Å². The second kappa shape index (κ2) is 8.75. The van der Waals surface area contributed by atoms with Crippen molar-refractivity contribution >= 4 is 17.3 Å². The van der Waals surface area contributed by atoms with E-state index in [4.69, 9.17) is 17.3 Å². The lowest BCUT2D eigenvalue weighted by molar-refractivity contribution is 0.475. The van der Waals surface area contributed by atoms with E-state index in [9.17, 15) is 0 Å². The van der Waals surface area contributed by atoms with Gasteiger partial charge in [-0.3, -0.25) is 0 Å². The molecule has 0 aliphatic heterocycles. The van der Waals surface area contributed by atoms with Crippen LogP contribution in [0.15, 0.2) is 24.3 Å². The number of phenols is 1. The molecule has 1 rings (SSSR count). The number of thiocarbonyl (C=S) groups is 1. The largest absolute Gasteiger partial charge is 0.508 e. The first-order chi connectivity index (χ1) is 8.72. The molecular weight excluding hydrogens is 244 g/mol. The van der Waals surface area contributed by atoms with Gasteiger partial charge in [0.25, 0.3) is 0 Å². The van der Waals surface area contributed by atoms with Crippen molar-refractivity contribution in [1.82, 2.24) is 10.6 Å². The number of aromatic hydroxyl groups is 1. The first-order valence-corrected chi connectivity index (χ1v) is 6.93. The van der Waals surface area contributed by atoms with E-state index in [1.165, 1.54) is 19.3 Å². The van der Waals surface area contributed by atoms with Crippen LogP contribution >= 0.6 is 12.2 Å². The predicted molar refractivity (Wildman–Crippen MR) is 79.7 cm³/mol. The third-order valence-corrected chi connectivity index (χ3v) is 2.99. The molecule has 18 heavy (non-hydrogen) atoms. The minimum absolute atomic E-state index is 0.287. The van der Waals surface area contributed by atoms with Crippen LogP contribution in [-0.4, -0.2) is 16.8 Å². The fourth-order valence-corrected chi connectivity index (χ4v) is 1.79. The number of hydrogen-bond acceptors (Lipinski definition) is 2. The molecule has 0 aromatic heterocycles. The maximum absolute atomic E-state index is 9.16. The summed E-state index contributed by atoms with van der Waals surface area (Å²) in [6, 6.07) is 7.12. The minimum atomic E-state index is 0.287. The van der Waals surface area contributed by atoms with Crippen LogP contribution in [-0.2, 0) is 6.54 Å². The van der Waals surface area contributed by atoms with Crippen molar-refractivity contribution in [2.45, 2.75) is 39.2 Å². The van der Waals surface area contributed by atoms with Crippen molar-refractivity contribution in [2.75, 3.05) is 6.54 Å². The lowest BCUT2D eigenvalue weighted by Crippen LogP contribution is -2.35. The zero-order valence-corrected chi connectivity index (χ0v) is 11.7. The average Bonchev–Trinajstić information content (AvgIpc) is 2.38. The van der Waals surface area contributed by atoms with E-state index >= 15 is 0 Å². The Bertz CT molecular complexity index is 351. The molecule has 0 saturated carbocycles. The molecule has 0 bridgehead atoms. The third kappa shape index (κ3) is 6.45. The summed E-state index contributed by atoms with van der Waals surface area (Å²) in [6.45, 7) is 3.82. The maximum atomic E-state index is 9.16. The van der Waals surface area contributed by atoms with E-state index in [0.717, 1.165) is 18.5 Å². The van der Waals surface area contributed by atoms with Gasteiger partial charge in [-0.2, -0.15) is 0 Å². The van der Waals surface area contributed by atoms with Crippen molar-refractivity contribution < 1.29 is 5.11 Å². The molecule has 3 N–H and O–H groups in total. The van der Waals surface area contributed by atoms with Gasteiger partial charge in [-0.25, -0.2) is 0 Å². The van der Waals surface area contributed by atoms with E-state index in [-0.39, 0.29) is 5.75 Å². The Balaban J connectivity index is 2.11. The summed E-state index contributed by atoms with van der Waals surface area (Å²) in [5, 5.41) is 16.2. The second-order valence-corrected chi connectivity index (χ2v) is 4.74. The fraction of sp³-hybridized carbons (Fsp3) is 0.500. The van der Waals surface area contributed by atoms with Crippen LogP contribution in [0.4, 0.5) is 0 Å². The van der Waals surface area contributed by atoms with E-state index < -0.39 is 0 Å². The summed E-state index contributed by atoms with van der Waals surface area (Å²) in [6.07, 6.45) is 4.96. The summed E-state index contributed by atoms with van der Waals surface area (Å²) >= 11 is 5.19. The normalized spacial score (nSPS) is 10.1. The van der Waals surface area contributed by atoms with Crippen molar-refractivity contribution in [1.29, 1.82) is 0 Å². The lowest BCUT2D eigenvalue weighted by Gasteiger charge is -2.10. The highest BCUT2D eigenvalue weighted by molar-refractivity contribution is 7.80. The molecule has 100 valence electrons. The Morgan fingerprint density at radius 1 is 1.11 bits per heavy atom. The van der Waals surface area contributed by atoms with Crippen LogP contribution in [0.3, 0.4) is 0 Å². The zero-order chi connectivity index (χ0) is 13.2. The molecule has 0 radical (unpaired) electrons. The maximum Gasteiger partial charge on any atom is 0.166 e. The molecule has 0 saturated heterocycles. The molecule has 0 amide bonds. The molecule has 0 unspecified atom stereocenters. The average molecular weight is 266 g/mol. The first kappa shape index (κ1) is 14.8. The van der Waals surface area contributed by atoms with E-state index in [0.29, 0.717) is 11.7 Å². The van der Waals surface area contributed by atoms with Gasteiger partial charge in [-0.05, 0) is 36.3 Å². The Morgan fingerprint density at radius 2 is 1.83 bits per heavy atom. The SMILES string of the molecule is CCCCCCNC(=S)NCc1ccc(O)cc1. The number of unbranched alkanes of at least 4 members (excludes halogenated alkanes) is 3. The molecule has 0 atom stereocenters.